The van der Waals surface area contributed by atoms with Crippen LogP contribution in [0.2, 0.25) is 0 Å². The summed E-state index contributed by atoms with van der Waals surface area (Å²) in [6.45, 7) is 12.2. The lowest BCUT2D eigenvalue weighted by Crippen LogP contribution is -2.39. The molecule has 20 heavy (non-hydrogen) atoms. The van der Waals surface area contributed by atoms with Gasteiger partial charge in [-0.2, -0.15) is 0 Å². The maximum absolute atomic E-state index is 3.71. The largest absolute Gasteiger partial charge is 0.316 e. The Morgan fingerprint density at radius 1 is 0.850 bits per heavy atom. The normalized spacial score (nSPS) is 42.6. The first kappa shape index (κ1) is 16.3. The predicted molar refractivity (Wildman–Crippen MR) is 88.8 cm³/mol. The molecule has 5 atom stereocenters. The van der Waals surface area contributed by atoms with Gasteiger partial charge in [0, 0.05) is 0 Å². The van der Waals surface area contributed by atoms with E-state index in [1.54, 1.807) is 0 Å². The minimum Gasteiger partial charge on any atom is -0.316 e. The van der Waals surface area contributed by atoms with Crippen molar-refractivity contribution in [1.82, 2.24) is 5.32 Å². The third-order valence-corrected chi connectivity index (χ3v) is 5.96. The first-order valence-electron chi connectivity index (χ1n) is 9.30. The number of hydrogen-bond acceptors (Lipinski definition) is 1. The summed E-state index contributed by atoms with van der Waals surface area (Å²) in [6, 6.07) is 0. The van der Waals surface area contributed by atoms with Crippen LogP contribution in [0.3, 0.4) is 0 Å². The van der Waals surface area contributed by atoms with Crippen LogP contribution >= 0.6 is 0 Å². The molecule has 2 rings (SSSR count). The number of hydrogen-bond donors (Lipinski definition) is 1. The van der Waals surface area contributed by atoms with E-state index in [2.05, 4.69) is 33.0 Å². The first-order valence-corrected chi connectivity index (χ1v) is 9.30. The highest BCUT2D eigenvalue weighted by atomic mass is 14.9. The van der Waals surface area contributed by atoms with Gasteiger partial charge in [0.15, 0.2) is 0 Å². The van der Waals surface area contributed by atoms with Crippen LogP contribution in [0.25, 0.3) is 0 Å². The fourth-order valence-corrected chi connectivity index (χ4v) is 5.14. The lowest BCUT2D eigenvalue weighted by Gasteiger charge is -2.44. The van der Waals surface area contributed by atoms with Crippen LogP contribution in [0.4, 0.5) is 0 Å². The van der Waals surface area contributed by atoms with E-state index in [1.807, 2.05) is 0 Å². The van der Waals surface area contributed by atoms with Crippen LogP contribution in [0, 0.1) is 35.5 Å². The van der Waals surface area contributed by atoms with E-state index in [-0.39, 0.29) is 0 Å². The average molecular weight is 280 g/mol. The second-order valence-electron chi connectivity index (χ2n) is 8.22. The Morgan fingerprint density at radius 3 is 2.20 bits per heavy atom. The molecule has 118 valence electrons. The predicted octanol–water partition coefficient (Wildman–Crippen LogP) is 5.11. The zero-order valence-corrected chi connectivity index (χ0v) is 14.3. The van der Waals surface area contributed by atoms with E-state index in [4.69, 9.17) is 0 Å². The van der Waals surface area contributed by atoms with Gasteiger partial charge in [-0.3, -0.25) is 0 Å². The smallest absolute Gasteiger partial charge is 0.00178 e. The molecule has 0 aromatic heterocycles. The average Bonchev–Trinajstić information content (AvgIpc) is 2.39. The van der Waals surface area contributed by atoms with Gasteiger partial charge in [0.1, 0.15) is 0 Å². The monoisotopic (exact) mass is 279 g/mol. The quantitative estimate of drug-likeness (QED) is 0.689. The molecule has 1 N–H and O–H groups in total. The molecule has 0 heterocycles. The lowest BCUT2D eigenvalue weighted by molar-refractivity contribution is 0.0698. The standard InChI is InChI=1S/C19H37N/c1-5-8-20-13-17-7-6-14(2)12-19(17)18-10-15(3)9-16(4)11-18/h14-20H,5-13H2,1-4H3. The molecule has 0 bridgehead atoms. The van der Waals surface area contributed by atoms with Crippen molar-refractivity contribution in [3.8, 4) is 0 Å². The molecule has 0 aliphatic heterocycles. The third kappa shape index (κ3) is 4.48. The van der Waals surface area contributed by atoms with Gasteiger partial charge >= 0.3 is 0 Å². The van der Waals surface area contributed by atoms with Gasteiger partial charge in [0.2, 0.25) is 0 Å². The Labute approximate surface area is 127 Å². The van der Waals surface area contributed by atoms with E-state index in [0.29, 0.717) is 0 Å². The molecule has 2 aliphatic rings. The molecule has 2 aliphatic carbocycles. The summed E-state index contributed by atoms with van der Waals surface area (Å²) in [7, 11) is 0. The highest BCUT2D eigenvalue weighted by Gasteiger charge is 2.37. The van der Waals surface area contributed by atoms with Crippen molar-refractivity contribution in [3.05, 3.63) is 0 Å². The minimum absolute atomic E-state index is 0.959. The molecule has 0 aromatic carbocycles. The molecular weight excluding hydrogens is 242 g/mol. The van der Waals surface area contributed by atoms with Gasteiger partial charge in [-0.25, -0.2) is 0 Å². The van der Waals surface area contributed by atoms with Crippen LogP contribution < -0.4 is 5.32 Å². The molecule has 5 unspecified atom stereocenters. The third-order valence-electron chi connectivity index (χ3n) is 5.96. The maximum Gasteiger partial charge on any atom is -0.00178 e. The van der Waals surface area contributed by atoms with E-state index < -0.39 is 0 Å². The van der Waals surface area contributed by atoms with Gasteiger partial charge in [0.25, 0.3) is 0 Å². The van der Waals surface area contributed by atoms with E-state index in [9.17, 15) is 0 Å². The SMILES string of the molecule is CCCNCC1CCC(C)CC1C1CC(C)CC(C)C1. The zero-order valence-electron chi connectivity index (χ0n) is 14.3. The summed E-state index contributed by atoms with van der Waals surface area (Å²) >= 11 is 0. The second kappa shape index (κ2) is 7.82. The molecule has 0 radical (unpaired) electrons. The van der Waals surface area contributed by atoms with Gasteiger partial charge in [-0.15, -0.1) is 0 Å². The van der Waals surface area contributed by atoms with Crippen molar-refractivity contribution in [1.29, 1.82) is 0 Å². The van der Waals surface area contributed by atoms with Crippen LogP contribution in [0.1, 0.15) is 72.6 Å². The molecule has 2 saturated carbocycles. The molecule has 0 amide bonds. The summed E-state index contributed by atoms with van der Waals surface area (Å²) in [5, 5.41) is 3.71. The van der Waals surface area contributed by atoms with Crippen molar-refractivity contribution >= 4 is 0 Å². The van der Waals surface area contributed by atoms with Crippen molar-refractivity contribution in [2.75, 3.05) is 13.1 Å². The van der Waals surface area contributed by atoms with Crippen LogP contribution in [0.5, 0.6) is 0 Å². The fraction of sp³-hybridized carbons (Fsp3) is 1.00. The molecule has 1 heteroatoms. The summed E-state index contributed by atoms with van der Waals surface area (Å²) in [4.78, 5) is 0. The van der Waals surface area contributed by atoms with E-state index >= 15 is 0 Å². The molecule has 2 fully saturated rings. The second-order valence-corrected chi connectivity index (χ2v) is 8.22. The highest BCUT2D eigenvalue weighted by Crippen LogP contribution is 2.45. The summed E-state index contributed by atoms with van der Waals surface area (Å²) < 4.78 is 0. The first-order chi connectivity index (χ1) is 9.60. The maximum atomic E-state index is 3.71. The molecule has 0 aromatic rings. The summed E-state index contributed by atoms with van der Waals surface area (Å²) in [5.74, 6) is 5.88. The zero-order chi connectivity index (χ0) is 14.5. The number of rotatable bonds is 5. The van der Waals surface area contributed by atoms with Crippen LogP contribution in [-0.2, 0) is 0 Å². The topological polar surface area (TPSA) is 12.0 Å². The summed E-state index contributed by atoms with van der Waals surface area (Å²) in [6.07, 6.45) is 10.2. The molecule has 1 nitrogen and oxygen atoms in total. The molecule has 0 spiro atoms. The van der Waals surface area contributed by atoms with Crippen molar-refractivity contribution in [2.45, 2.75) is 72.6 Å². The Bertz CT molecular complexity index is 265. The van der Waals surface area contributed by atoms with E-state index in [1.165, 1.54) is 58.0 Å². The number of nitrogens with one attached hydrogen (secondary N) is 1. The van der Waals surface area contributed by atoms with Gasteiger partial charge in [-0.05, 0) is 87.1 Å². The Hall–Kier alpha value is -0.0400. The van der Waals surface area contributed by atoms with Crippen LogP contribution in [-0.4, -0.2) is 13.1 Å². The summed E-state index contributed by atoms with van der Waals surface area (Å²) in [5.41, 5.74) is 0. The van der Waals surface area contributed by atoms with Crippen molar-refractivity contribution < 1.29 is 0 Å². The Balaban J connectivity index is 1.95. The van der Waals surface area contributed by atoms with Gasteiger partial charge in [-0.1, -0.05) is 34.1 Å². The lowest BCUT2D eigenvalue weighted by atomic mass is 9.62. The Morgan fingerprint density at radius 2 is 1.55 bits per heavy atom. The Kier molecular flexibility index (Phi) is 6.39. The molecular formula is C19H37N. The van der Waals surface area contributed by atoms with Crippen molar-refractivity contribution in [3.63, 3.8) is 0 Å². The van der Waals surface area contributed by atoms with E-state index in [0.717, 1.165) is 35.5 Å². The van der Waals surface area contributed by atoms with Gasteiger partial charge < -0.3 is 5.32 Å². The minimum atomic E-state index is 0.959. The van der Waals surface area contributed by atoms with Crippen molar-refractivity contribution in [2.24, 2.45) is 35.5 Å². The van der Waals surface area contributed by atoms with Gasteiger partial charge in [0.05, 0.1) is 0 Å². The molecule has 0 saturated heterocycles. The highest BCUT2D eigenvalue weighted by molar-refractivity contribution is 4.88. The van der Waals surface area contributed by atoms with Crippen LogP contribution in [0.15, 0.2) is 0 Å². The fourth-order valence-electron chi connectivity index (χ4n) is 5.14.